The van der Waals surface area contributed by atoms with Crippen LogP contribution in [0.2, 0.25) is 0 Å². The van der Waals surface area contributed by atoms with Crippen molar-refractivity contribution in [2.24, 2.45) is 10.9 Å². The zero-order valence-corrected chi connectivity index (χ0v) is 17.4. The van der Waals surface area contributed by atoms with Crippen molar-refractivity contribution in [3.05, 3.63) is 35.9 Å². The second-order valence-electron chi connectivity index (χ2n) is 8.36. The molecule has 0 aliphatic carbocycles. The molecule has 0 bridgehead atoms. The number of hydrogen-bond donors (Lipinski definition) is 1. The minimum absolute atomic E-state index is 0.155. The van der Waals surface area contributed by atoms with Gasteiger partial charge >= 0.3 is 0 Å². The van der Waals surface area contributed by atoms with Gasteiger partial charge in [-0.05, 0) is 50.8 Å². The predicted molar refractivity (Wildman–Crippen MR) is 112 cm³/mol. The minimum Gasteiger partial charge on any atom is -0.381 e. The molecule has 1 aromatic carbocycles. The highest BCUT2D eigenvalue weighted by molar-refractivity contribution is 5.80. The van der Waals surface area contributed by atoms with Crippen molar-refractivity contribution in [2.45, 2.75) is 37.6 Å². The van der Waals surface area contributed by atoms with Gasteiger partial charge in [0.1, 0.15) is 0 Å². The molecule has 1 N–H and O–H groups in total. The molecule has 2 aliphatic rings. The van der Waals surface area contributed by atoms with E-state index in [1.807, 2.05) is 7.05 Å². The molecule has 150 valence electrons. The Morgan fingerprint density at radius 1 is 1.26 bits per heavy atom. The fourth-order valence-corrected chi connectivity index (χ4v) is 4.64. The van der Waals surface area contributed by atoms with Gasteiger partial charge in [0.05, 0.1) is 0 Å². The van der Waals surface area contributed by atoms with Gasteiger partial charge in [0, 0.05) is 45.4 Å². The Hall–Kier alpha value is -1.59. The van der Waals surface area contributed by atoms with E-state index in [9.17, 15) is 0 Å². The lowest BCUT2D eigenvalue weighted by Crippen LogP contribution is -2.58. The van der Waals surface area contributed by atoms with Gasteiger partial charge in [-0.2, -0.15) is 0 Å². The summed E-state index contributed by atoms with van der Waals surface area (Å²) in [4.78, 5) is 9.40. The third kappa shape index (κ3) is 4.64. The average Bonchev–Trinajstić information content (AvgIpc) is 2.70. The Morgan fingerprint density at radius 3 is 2.56 bits per heavy atom. The first-order chi connectivity index (χ1) is 13.1. The Balaban J connectivity index is 1.60. The SMILES string of the molecule is CN=C(NCC1(N(C)C)CCOCC1)N1CCC(c2ccccc2)C(C)C1. The van der Waals surface area contributed by atoms with Crippen LogP contribution < -0.4 is 5.32 Å². The molecule has 2 fully saturated rings. The first kappa shape index (κ1) is 20.2. The Kier molecular flexibility index (Phi) is 6.77. The summed E-state index contributed by atoms with van der Waals surface area (Å²) in [5, 5.41) is 3.68. The lowest BCUT2D eigenvalue weighted by atomic mass is 9.81. The minimum atomic E-state index is 0.155. The summed E-state index contributed by atoms with van der Waals surface area (Å²) in [6, 6.07) is 11.0. The lowest BCUT2D eigenvalue weighted by molar-refractivity contribution is -0.00534. The molecule has 5 nitrogen and oxygen atoms in total. The number of nitrogens with one attached hydrogen (secondary N) is 1. The second-order valence-corrected chi connectivity index (χ2v) is 8.36. The maximum atomic E-state index is 5.60. The quantitative estimate of drug-likeness (QED) is 0.652. The van der Waals surface area contributed by atoms with Crippen molar-refractivity contribution in [3.8, 4) is 0 Å². The molecule has 0 radical (unpaired) electrons. The fourth-order valence-electron chi connectivity index (χ4n) is 4.64. The molecule has 0 amide bonds. The highest BCUT2D eigenvalue weighted by Gasteiger charge is 2.36. The third-order valence-electron chi connectivity index (χ3n) is 6.59. The predicted octanol–water partition coefficient (Wildman–Crippen LogP) is 2.80. The largest absolute Gasteiger partial charge is 0.381 e. The number of piperidine rings is 1. The number of aliphatic imine (C=N–C) groups is 1. The number of nitrogens with zero attached hydrogens (tertiary/aromatic N) is 3. The van der Waals surface area contributed by atoms with Gasteiger partial charge in [0.25, 0.3) is 0 Å². The standard InChI is InChI=1S/C22H36N4O/c1-18-16-26(13-10-20(18)19-8-6-5-7-9-19)21(23-2)24-17-22(25(3)4)11-14-27-15-12-22/h5-9,18,20H,10-17H2,1-4H3,(H,23,24). The van der Waals surface area contributed by atoms with Crippen LogP contribution in [0.1, 0.15) is 37.7 Å². The van der Waals surface area contributed by atoms with E-state index in [0.717, 1.165) is 51.6 Å². The van der Waals surface area contributed by atoms with Gasteiger partial charge in [-0.3, -0.25) is 4.99 Å². The van der Waals surface area contributed by atoms with E-state index in [4.69, 9.17) is 4.74 Å². The van der Waals surface area contributed by atoms with E-state index >= 15 is 0 Å². The summed E-state index contributed by atoms with van der Waals surface area (Å²) in [7, 11) is 6.27. The molecule has 3 rings (SSSR count). The molecule has 27 heavy (non-hydrogen) atoms. The van der Waals surface area contributed by atoms with E-state index in [1.165, 1.54) is 12.0 Å². The average molecular weight is 373 g/mol. The lowest BCUT2D eigenvalue weighted by Gasteiger charge is -2.44. The van der Waals surface area contributed by atoms with Crippen LogP contribution in [0.5, 0.6) is 0 Å². The number of rotatable bonds is 4. The molecule has 2 saturated heterocycles. The Bertz CT molecular complexity index is 610. The van der Waals surface area contributed by atoms with Crippen molar-refractivity contribution in [1.29, 1.82) is 0 Å². The van der Waals surface area contributed by atoms with Crippen molar-refractivity contribution < 1.29 is 4.74 Å². The summed E-state index contributed by atoms with van der Waals surface area (Å²) in [6.07, 6.45) is 3.31. The smallest absolute Gasteiger partial charge is 0.193 e. The summed E-state index contributed by atoms with van der Waals surface area (Å²) in [6.45, 7) is 7.09. The number of hydrogen-bond acceptors (Lipinski definition) is 3. The van der Waals surface area contributed by atoms with Crippen LogP contribution in [0.15, 0.2) is 35.3 Å². The van der Waals surface area contributed by atoms with Crippen molar-refractivity contribution in [3.63, 3.8) is 0 Å². The molecule has 5 heteroatoms. The highest BCUT2D eigenvalue weighted by Crippen LogP contribution is 2.32. The molecule has 2 aliphatic heterocycles. The number of guanidine groups is 1. The monoisotopic (exact) mass is 372 g/mol. The summed E-state index contributed by atoms with van der Waals surface area (Å²) in [5.74, 6) is 2.30. The Labute approximate surface area is 164 Å². The van der Waals surface area contributed by atoms with Crippen molar-refractivity contribution >= 4 is 5.96 Å². The van der Waals surface area contributed by atoms with Crippen LogP contribution in [-0.4, -0.2) is 75.3 Å². The topological polar surface area (TPSA) is 40.1 Å². The molecule has 2 atom stereocenters. The molecule has 2 heterocycles. The summed E-state index contributed by atoms with van der Waals surface area (Å²) < 4.78 is 5.60. The van der Waals surface area contributed by atoms with Gasteiger partial charge in [0.2, 0.25) is 0 Å². The summed E-state index contributed by atoms with van der Waals surface area (Å²) >= 11 is 0. The van der Waals surface area contributed by atoms with Gasteiger partial charge < -0.3 is 19.9 Å². The van der Waals surface area contributed by atoms with Crippen LogP contribution in [-0.2, 0) is 4.74 Å². The van der Waals surface area contributed by atoms with Crippen LogP contribution in [0, 0.1) is 5.92 Å². The van der Waals surface area contributed by atoms with Gasteiger partial charge in [0.15, 0.2) is 5.96 Å². The van der Waals surface area contributed by atoms with Crippen LogP contribution in [0.3, 0.4) is 0 Å². The molecular weight excluding hydrogens is 336 g/mol. The van der Waals surface area contributed by atoms with Crippen molar-refractivity contribution in [2.75, 3.05) is 54.0 Å². The van der Waals surface area contributed by atoms with E-state index in [0.29, 0.717) is 11.8 Å². The number of likely N-dealkylation sites (N-methyl/N-ethyl adjacent to an activating group) is 1. The van der Waals surface area contributed by atoms with Crippen LogP contribution >= 0.6 is 0 Å². The molecule has 0 spiro atoms. The fraction of sp³-hybridized carbons (Fsp3) is 0.682. The van der Waals surface area contributed by atoms with Crippen LogP contribution in [0.4, 0.5) is 0 Å². The van der Waals surface area contributed by atoms with E-state index in [-0.39, 0.29) is 5.54 Å². The van der Waals surface area contributed by atoms with Gasteiger partial charge in [-0.25, -0.2) is 0 Å². The zero-order chi connectivity index (χ0) is 19.3. The number of benzene rings is 1. The molecule has 2 unspecified atom stereocenters. The maximum absolute atomic E-state index is 5.60. The maximum Gasteiger partial charge on any atom is 0.193 e. The zero-order valence-electron chi connectivity index (χ0n) is 17.4. The van der Waals surface area contributed by atoms with Crippen molar-refractivity contribution in [1.82, 2.24) is 15.1 Å². The van der Waals surface area contributed by atoms with E-state index in [1.54, 1.807) is 0 Å². The van der Waals surface area contributed by atoms with E-state index < -0.39 is 0 Å². The number of ether oxygens (including phenoxy) is 1. The first-order valence-electron chi connectivity index (χ1n) is 10.3. The molecule has 0 aromatic heterocycles. The first-order valence-corrected chi connectivity index (χ1v) is 10.3. The highest BCUT2D eigenvalue weighted by atomic mass is 16.5. The Morgan fingerprint density at radius 2 is 1.96 bits per heavy atom. The second kappa shape index (κ2) is 9.07. The third-order valence-corrected chi connectivity index (χ3v) is 6.59. The normalized spacial score (nSPS) is 26.3. The van der Waals surface area contributed by atoms with E-state index in [2.05, 4.69) is 71.5 Å². The molecule has 0 saturated carbocycles. The van der Waals surface area contributed by atoms with Crippen LogP contribution in [0.25, 0.3) is 0 Å². The summed E-state index contributed by atoms with van der Waals surface area (Å²) in [5.41, 5.74) is 1.63. The van der Waals surface area contributed by atoms with Gasteiger partial charge in [-0.15, -0.1) is 0 Å². The molecule has 1 aromatic rings. The number of likely N-dealkylation sites (tertiary alicyclic amines) is 1. The van der Waals surface area contributed by atoms with Gasteiger partial charge in [-0.1, -0.05) is 37.3 Å². The molecular formula is C22H36N4O.